The van der Waals surface area contributed by atoms with Crippen molar-refractivity contribution in [2.24, 2.45) is 5.92 Å². The van der Waals surface area contributed by atoms with E-state index in [0.29, 0.717) is 0 Å². The molecule has 0 saturated heterocycles. The molecule has 1 rings (SSSR count). The zero-order valence-corrected chi connectivity index (χ0v) is 10.4. The number of rotatable bonds is 5. The lowest BCUT2D eigenvalue weighted by molar-refractivity contribution is -0.0212. The molecule has 1 aromatic carbocycles. The van der Waals surface area contributed by atoms with Gasteiger partial charge in [-0.15, -0.1) is 0 Å². The predicted octanol–water partition coefficient (Wildman–Crippen LogP) is 2.83. The first kappa shape index (κ1) is 13.2. The van der Waals surface area contributed by atoms with E-state index in [-0.39, 0.29) is 5.92 Å². The van der Waals surface area contributed by atoms with E-state index in [1.165, 1.54) is 0 Å². The highest BCUT2D eigenvalue weighted by atomic mass is 16.3. The third-order valence-electron chi connectivity index (χ3n) is 3.36. The van der Waals surface area contributed by atoms with Crippen molar-refractivity contribution in [2.75, 3.05) is 0 Å². The monoisotopic (exact) mass is 222 g/mol. The average molecular weight is 222 g/mol. The van der Waals surface area contributed by atoms with Gasteiger partial charge in [-0.3, -0.25) is 0 Å². The van der Waals surface area contributed by atoms with Crippen molar-refractivity contribution in [3.63, 3.8) is 0 Å². The largest absolute Gasteiger partial charge is 0.390 e. The van der Waals surface area contributed by atoms with Gasteiger partial charge >= 0.3 is 0 Å². The summed E-state index contributed by atoms with van der Waals surface area (Å²) in [5.41, 5.74) is 1.86. The Balaban J connectivity index is 2.85. The molecular formula is C14H22O2. The van der Waals surface area contributed by atoms with Gasteiger partial charge in [0.2, 0.25) is 0 Å². The lowest BCUT2D eigenvalue weighted by Gasteiger charge is -2.26. The van der Waals surface area contributed by atoms with Crippen molar-refractivity contribution < 1.29 is 10.2 Å². The van der Waals surface area contributed by atoms with E-state index in [1.807, 2.05) is 45.0 Å². The number of hydrogen-bond acceptors (Lipinski definition) is 2. The molecule has 2 unspecified atom stereocenters. The SMILES string of the molecule is CCC(CC)C(O)C(O)c1ccccc1C. The number of aryl methyl sites for hydroxylation is 1. The van der Waals surface area contributed by atoms with Gasteiger partial charge in [0.1, 0.15) is 6.10 Å². The van der Waals surface area contributed by atoms with Crippen LogP contribution in [-0.4, -0.2) is 16.3 Å². The standard InChI is InChI=1S/C14H22O2/c1-4-11(5-2)13(15)14(16)12-9-7-6-8-10(12)3/h6-9,11,13-16H,4-5H2,1-3H3. The summed E-state index contributed by atoms with van der Waals surface area (Å²) in [7, 11) is 0. The Morgan fingerprint density at radius 1 is 1.06 bits per heavy atom. The quantitative estimate of drug-likeness (QED) is 0.804. The Bertz CT molecular complexity index is 318. The smallest absolute Gasteiger partial charge is 0.105 e. The Morgan fingerprint density at radius 3 is 2.12 bits per heavy atom. The molecule has 0 spiro atoms. The van der Waals surface area contributed by atoms with Crippen molar-refractivity contribution in [1.29, 1.82) is 0 Å². The summed E-state index contributed by atoms with van der Waals surface area (Å²) in [5.74, 6) is 0.162. The second kappa shape index (κ2) is 6.02. The molecule has 1 aromatic rings. The highest BCUT2D eigenvalue weighted by Gasteiger charge is 2.25. The lowest BCUT2D eigenvalue weighted by Crippen LogP contribution is -2.27. The molecule has 0 aliphatic rings. The molecule has 0 saturated carbocycles. The molecular weight excluding hydrogens is 200 g/mol. The van der Waals surface area contributed by atoms with Crippen molar-refractivity contribution in [2.45, 2.75) is 45.8 Å². The minimum absolute atomic E-state index is 0.162. The Morgan fingerprint density at radius 2 is 1.62 bits per heavy atom. The average Bonchev–Trinajstić information content (AvgIpc) is 2.30. The second-order valence-corrected chi connectivity index (χ2v) is 4.37. The van der Waals surface area contributed by atoms with E-state index in [9.17, 15) is 10.2 Å². The molecule has 0 amide bonds. The summed E-state index contributed by atoms with van der Waals surface area (Å²) in [6.07, 6.45) is 0.337. The van der Waals surface area contributed by atoms with Crippen LogP contribution < -0.4 is 0 Å². The lowest BCUT2D eigenvalue weighted by atomic mass is 9.88. The van der Waals surface area contributed by atoms with E-state index in [4.69, 9.17) is 0 Å². The van der Waals surface area contributed by atoms with Crippen LogP contribution in [-0.2, 0) is 0 Å². The fourth-order valence-corrected chi connectivity index (χ4v) is 2.13. The summed E-state index contributed by atoms with van der Waals surface area (Å²) in [6.45, 7) is 6.04. The maximum absolute atomic E-state index is 10.2. The molecule has 16 heavy (non-hydrogen) atoms. The minimum atomic E-state index is -0.772. The molecule has 0 aliphatic carbocycles. The molecule has 2 nitrogen and oxygen atoms in total. The predicted molar refractivity (Wildman–Crippen MR) is 66.2 cm³/mol. The summed E-state index contributed by atoms with van der Waals surface area (Å²) < 4.78 is 0. The second-order valence-electron chi connectivity index (χ2n) is 4.37. The molecule has 0 aliphatic heterocycles. The normalized spacial score (nSPS) is 15.1. The third kappa shape index (κ3) is 2.83. The summed E-state index contributed by atoms with van der Waals surface area (Å²) in [4.78, 5) is 0. The Labute approximate surface area is 97.9 Å². The summed E-state index contributed by atoms with van der Waals surface area (Å²) in [5, 5.41) is 20.3. The van der Waals surface area contributed by atoms with Gasteiger partial charge in [0, 0.05) is 0 Å². The number of hydrogen-bond donors (Lipinski definition) is 2. The maximum Gasteiger partial charge on any atom is 0.105 e. The summed E-state index contributed by atoms with van der Waals surface area (Å²) >= 11 is 0. The van der Waals surface area contributed by atoms with Crippen LogP contribution in [0.15, 0.2) is 24.3 Å². The molecule has 0 aromatic heterocycles. The van der Waals surface area contributed by atoms with Gasteiger partial charge in [0.25, 0.3) is 0 Å². The van der Waals surface area contributed by atoms with Gasteiger partial charge in [0.05, 0.1) is 6.10 Å². The maximum atomic E-state index is 10.2. The van der Waals surface area contributed by atoms with E-state index in [1.54, 1.807) is 0 Å². The number of benzene rings is 1. The topological polar surface area (TPSA) is 40.5 Å². The van der Waals surface area contributed by atoms with Crippen LogP contribution in [0.4, 0.5) is 0 Å². The molecule has 2 heteroatoms. The van der Waals surface area contributed by atoms with E-state index < -0.39 is 12.2 Å². The highest BCUT2D eigenvalue weighted by molar-refractivity contribution is 5.28. The highest BCUT2D eigenvalue weighted by Crippen LogP contribution is 2.27. The molecule has 90 valence electrons. The van der Waals surface area contributed by atoms with E-state index in [0.717, 1.165) is 24.0 Å². The first-order chi connectivity index (χ1) is 7.61. The van der Waals surface area contributed by atoms with Gasteiger partial charge in [-0.2, -0.15) is 0 Å². The molecule has 0 fully saturated rings. The van der Waals surface area contributed by atoms with Crippen LogP contribution in [0.25, 0.3) is 0 Å². The van der Waals surface area contributed by atoms with Crippen LogP contribution in [0, 0.1) is 12.8 Å². The van der Waals surface area contributed by atoms with Gasteiger partial charge in [-0.05, 0) is 24.0 Å². The van der Waals surface area contributed by atoms with Crippen molar-refractivity contribution in [3.05, 3.63) is 35.4 Å². The van der Waals surface area contributed by atoms with Gasteiger partial charge in [-0.25, -0.2) is 0 Å². The molecule has 0 heterocycles. The van der Waals surface area contributed by atoms with E-state index in [2.05, 4.69) is 0 Å². The molecule has 2 atom stereocenters. The number of aliphatic hydroxyl groups is 2. The van der Waals surface area contributed by atoms with Crippen LogP contribution in [0.5, 0.6) is 0 Å². The zero-order valence-electron chi connectivity index (χ0n) is 10.4. The van der Waals surface area contributed by atoms with Crippen LogP contribution in [0.1, 0.15) is 43.9 Å². The molecule has 2 N–H and O–H groups in total. The Kier molecular flexibility index (Phi) is 4.97. The van der Waals surface area contributed by atoms with Crippen molar-refractivity contribution in [3.8, 4) is 0 Å². The fraction of sp³-hybridized carbons (Fsp3) is 0.571. The van der Waals surface area contributed by atoms with Crippen molar-refractivity contribution in [1.82, 2.24) is 0 Å². The third-order valence-corrected chi connectivity index (χ3v) is 3.36. The molecule has 0 bridgehead atoms. The van der Waals surface area contributed by atoms with Crippen LogP contribution in [0.3, 0.4) is 0 Å². The zero-order chi connectivity index (χ0) is 12.1. The molecule has 0 radical (unpaired) electrons. The first-order valence-electron chi connectivity index (χ1n) is 6.03. The first-order valence-corrected chi connectivity index (χ1v) is 6.03. The van der Waals surface area contributed by atoms with Gasteiger partial charge in [0.15, 0.2) is 0 Å². The van der Waals surface area contributed by atoms with Crippen LogP contribution in [0.2, 0.25) is 0 Å². The fourth-order valence-electron chi connectivity index (χ4n) is 2.13. The van der Waals surface area contributed by atoms with Gasteiger partial charge in [-0.1, -0.05) is 51.0 Å². The summed E-state index contributed by atoms with van der Waals surface area (Å²) in [6, 6.07) is 7.67. The van der Waals surface area contributed by atoms with Gasteiger partial charge < -0.3 is 10.2 Å². The van der Waals surface area contributed by atoms with Crippen molar-refractivity contribution >= 4 is 0 Å². The van der Waals surface area contributed by atoms with Crippen LogP contribution >= 0.6 is 0 Å². The Hall–Kier alpha value is -0.860. The van der Waals surface area contributed by atoms with E-state index >= 15 is 0 Å². The number of aliphatic hydroxyl groups excluding tert-OH is 2. The minimum Gasteiger partial charge on any atom is -0.390 e.